The summed E-state index contributed by atoms with van der Waals surface area (Å²) in [5.41, 5.74) is 6.17. The summed E-state index contributed by atoms with van der Waals surface area (Å²) in [5.74, 6) is 0.154. The predicted octanol–water partition coefficient (Wildman–Crippen LogP) is 0.878. The summed E-state index contributed by atoms with van der Waals surface area (Å²) in [6.07, 6.45) is 0. The molecular formula is C9H8N4O2. The fourth-order valence-corrected chi connectivity index (χ4v) is 1.16. The zero-order valence-corrected chi connectivity index (χ0v) is 7.66. The second-order valence-electron chi connectivity index (χ2n) is 2.77. The summed E-state index contributed by atoms with van der Waals surface area (Å²) < 4.78 is 4.59. The van der Waals surface area contributed by atoms with Gasteiger partial charge in [0.15, 0.2) is 5.71 Å². The zero-order chi connectivity index (χ0) is 10.7. The van der Waals surface area contributed by atoms with Gasteiger partial charge in [0, 0.05) is 5.56 Å². The average Bonchev–Trinajstić information content (AvgIpc) is 2.68. The van der Waals surface area contributed by atoms with Crippen LogP contribution < -0.4 is 5.73 Å². The second kappa shape index (κ2) is 3.79. The number of hydrogen-bond acceptors (Lipinski definition) is 6. The first-order valence-corrected chi connectivity index (χ1v) is 4.18. The molecular weight excluding hydrogens is 196 g/mol. The maximum Gasteiger partial charge on any atom is 0.319 e. The maximum absolute atomic E-state index is 8.87. The van der Waals surface area contributed by atoms with Crippen molar-refractivity contribution in [3.8, 4) is 0 Å². The standard InChI is InChI=1S/C9H8N4O2/c10-9-11-8(13-15-9)7(12-14)6-4-2-1-3-5-6/h1-5,14H,(H2,10,11,13)/b12-7+. The van der Waals surface area contributed by atoms with Crippen molar-refractivity contribution in [2.24, 2.45) is 5.16 Å². The number of rotatable bonds is 2. The highest BCUT2D eigenvalue weighted by Crippen LogP contribution is 2.08. The van der Waals surface area contributed by atoms with E-state index in [9.17, 15) is 0 Å². The van der Waals surface area contributed by atoms with Crippen LogP contribution in [-0.4, -0.2) is 21.1 Å². The highest BCUT2D eigenvalue weighted by atomic mass is 16.5. The molecule has 0 fully saturated rings. The van der Waals surface area contributed by atoms with E-state index in [1.54, 1.807) is 12.1 Å². The minimum absolute atomic E-state index is 0.0675. The van der Waals surface area contributed by atoms with Crippen LogP contribution in [0.1, 0.15) is 11.4 Å². The van der Waals surface area contributed by atoms with Gasteiger partial charge in [-0.15, -0.1) is 0 Å². The first-order valence-electron chi connectivity index (χ1n) is 4.18. The Kier molecular flexibility index (Phi) is 2.32. The van der Waals surface area contributed by atoms with Gasteiger partial charge in [-0.05, 0) is 0 Å². The number of nitrogens with zero attached hydrogens (tertiary/aromatic N) is 3. The van der Waals surface area contributed by atoms with E-state index < -0.39 is 0 Å². The quantitative estimate of drug-likeness (QED) is 0.430. The number of nitrogens with two attached hydrogens (primary N) is 1. The van der Waals surface area contributed by atoms with E-state index in [2.05, 4.69) is 19.8 Å². The van der Waals surface area contributed by atoms with Crippen molar-refractivity contribution in [3.63, 3.8) is 0 Å². The number of nitrogen functional groups attached to an aromatic ring is 1. The Labute approximate surface area is 85.0 Å². The molecule has 0 unspecified atom stereocenters. The molecule has 6 heteroatoms. The first-order chi connectivity index (χ1) is 7.31. The van der Waals surface area contributed by atoms with Gasteiger partial charge >= 0.3 is 6.01 Å². The molecule has 15 heavy (non-hydrogen) atoms. The summed E-state index contributed by atoms with van der Waals surface area (Å²) in [6.45, 7) is 0. The molecule has 3 N–H and O–H groups in total. The molecule has 1 heterocycles. The largest absolute Gasteiger partial charge is 0.410 e. The number of aromatic nitrogens is 2. The van der Waals surface area contributed by atoms with Gasteiger partial charge in [-0.2, -0.15) is 4.98 Å². The number of hydrogen-bond donors (Lipinski definition) is 2. The molecule has 0 atom stereocenters. The summed E-state index contributed by atoms with van der Waals surface area (Å²) in [5, 5.41) is 15.5. The SMILES string of the molecule is Nc1nc(/C(=N/O)c2ccccc2)no1. The van der Waals surface area contributed by atoms with Gasteiger partial charge < -0.3 is 15.5 Å². The Morgan fingerprint density at radius 1 is 1.33 bits per heavy atom. The van der Waals surface area contributed by atoms with E-state index >= 15 is 0 Å². The van der Waals surface area contributed by atoms with Crippen molar-refractivity contribution in [1.82, 2.24) is 10.1 Å². The average molecular weight is 204 g/mol. The molecule has 0 saturated heterocycles. The second-order valence-corrected chi connectivity index (χ2v) is 2.77. The summed E-state index contributed by atoms with van der Waals surface area (Å²) in [4.78, 5) is 3.77. The Morgan fingerprint density at radius 2 is 2.07 bits per heavy atom. The zero-order valence-electron chi connectivity index (χ0n) is 7.66. The molecule has 2 rings (SSSR count). The third-order valence-corrected chi connectivity index (χ3v) is 1.80. The van der Waals surface area contributed by atoms with Crippen molar-refractivity contribution in [2.45, 2.75) is 0 Å². The third-order valence-electron chi connectivity index (χ3n) is 1.80. The highest BCUT2D eigenvalue weighted by Gasteiger charge is 2.13. The van der Waals surface area contributed by atoms with E-state index in [4.69, 9.17) is 10.9 Å². The van der Waals surface area contributed by atoms with Crippen LogP contribution in [0.15, 0.2) is 40.0 Å². The molecule has 0 aliphatic rings. The number of anilines is 1. The lowest BCUT2D eigenvalue weighted by molar-refractivity contribution is 0.319. The van der Waals surface area contributed by atoms with Crippen LogP contribution in [0.2, 0.25) is 0 Å². The van der Waals surface area contributed by atoms with Gasteiger partial charge in [0.25, 0.3) is 0 Å². The Hall–Kier alpha value is -2.37. The summed E-state index contributed by atoms with van der Waals surface area (Å²) in [7, 11) is 0. The summed E-state index contributed by atoms with van der Waals surface area (Å²) >= 11 is 0. The molecule has 0 saturated carbocycles. The van der Waals surface area contributed by atoms with Crippen LogP contribution in [0.4, 0.5) is 6.01 Å². The fourth-order valence-electron chi connectivity index (χ4n) is 1.16. The van der Waals surface area contributed by atoms with E-state index in [0.717, 1.165) is 0 Å². The molecule has 1 aromatic carbocycles. The van der Waals surface area contributed by atoms with Crippen molar-refractivity contribution in [1.29, 1.82) is 0 Å². The summed E-state index contributed by atoms with van der Waals surface area (Å²) in [6, 6.07) is 8.93. The van der Waals surface area contributed by atoms with Gasteiger partial charge in [0.05, 0.1) is 0 Å². The lowest BCUT2D eigenvalue weighted by Gasteiger charge is -1.97. The van der Waals surface area contributed by atoms with Gasteiger partial charge in [-0.3, -0.25) is 0 Å². The van der Waals surface area contributed by atoms with Crippen LogP contribution in [0, 0.1) is 0 Å². The van der Waals surface area contributed by atoms with Crippen molar-refractivity contribution in [2.75, 3.05) is 5.73 Å². The Morgan fingerprint density at radius 3 is 2.60 bits per heavy atom. The smallest absolute Gasteiger partial charge is 0.319 e. The van der Waals surface area contributed by atoms with Crippen LogP contribution in [0.5, 0.6) is 0 Å². The lowest BCUT2D eigenvalue weighted by atomic mass is 10.1. The highest BCUT2D eigenvalue weighted by molar-refractivity contribution is 6.10. The van der Waals surface area contributed by atoms with Gasteiger partial charge in [-0.25, -0.2) is 0 Å². The van der Waals surface area contributed by atoms with E-state index in [0.29, 0.717) is 5.56 Å². The molecule has 0 aliphatic heterocycles. The van der Waals surface area contributed by atoms with E-state index in [1.807, 2.05) is 18.2 Å². The van der Waals surface area contributed by atoms with Crippen LogP contribution in [0.25, 0.3) is 0 Å². The molecule has 2 aromatic rings. The monoisotopic (exact) mass is 204 g/mol. The van der Waals surface area contributed by atoms with E-state index in [-0.39, 0.29) is 17.6 Å². The molecule has 1 aromatic heterocycles. The topological polar surface area (TPSA) is 97.5 Å². The molecule has 76 valence electrons. The first kappa shape index (κ1) is 9.20. The molecule has 6 nitrogen and oxygen atoms in total. The lowest BCUT2D eigenvalue weighted by Crippen LogP contribution is -2.05. The van der Waals surface area contributed by atoms with Crippen molar-refractivity contribution >= 4 is 11.7 Å². The van der Waals surface area contributed by atoms with Gasteiger partial charge in [0.1, 0.15) is 0 Å². The Bertz CT molecular complexity index is 478. The van der Waals surface area contributed by atoms with Crippen molar-refractivity contribution in [3.05, 3.63) is 41.7 Å². The predicted molar refractivity (Wildman–Crippen MR) is 52.6 cm³/mol. The Balaban J connectivity index is 2.43. The number of benzene rings is 1. The molecule has 0 radical (unpaired) electrons. The van der Waals surface area contributed by atoms with Gasteiger partial charge in [0.2, 0.25) is 5.82 Å². The molecule has 0 aliphatic carbocycles. The fraction of sp³-hybridized carbons (Fsp3) is 0. The van der Waals surface area contributed by atoms with E-state index in [1.165, 1.54) is 0 Å². The molecule has 0 spiro atoms. The minimum atomic E-state index is -0.0675. The third kappa shape index (κ3) is 1.78. The maximum atomic E-state index is 8.87. The van der Waals surface area contributed by atoms with Crippen LogP contribution >= 0.6 is 0 Å². The molecule has 0 bridgehead atoms. The van der Waals surface area contributed by atoms with Crippen molar-refractivity contribution < 1.29 is 9.73 Å². The normalized spacial score (nSPS) is 11.6. The van der Waals surface area contributed by atoms with Crippen LogP contribution in [0.3, 0.4) is 0 Å². The molecule has 0 amide bonds. The van der Waals surface area contributed by atoms with Crippen LogP contribution in [-0.2, 0) is 0 Å². The van der Waals surface area contributed by atoms with Gasteiger partial charge in [-0.1, -0.05) is 40.6 Å². The number of oxime groups is 1. The minimum Gasteiger partial charge on any atom is -0.410 e.